The molecule has 2 aromatic carbocycles. The van der Waals surface area contributed by atoms with E-state index in [1.165, 1.54) is 18.2 Å². The van der Waals surface area contributed by atoms with E-state index in [-0.39, 0.29) is 5.75 Å². The van der Waals surface area contributed by atoms with Crippen LogP contribution in [0.15, 0.2) is 53.1 Å². The Labute approximate surface area is 117 Å². The number of fused-ring (bicyclic) bond motifs is 1. The maximum Gasteiger partial charge on any atom is 0.573 e. The highest BCUT2D eigenvalue weighted by molar-refractivity contribution is 5.89. The second kappa shape index (κ2) is 5.01. The van der Waals surface area contributed by atoms with Gasteiger partial charge in [0.15, 0.2) is 11.4 Å². The van der Waals surface area contributed by atoms with E-state index in [4.69, 9.17) is 4.52 Å². The molecule has 1 heterocycles. The van der Waals surface area contributed by atoms with E-state index in [0.717, 1.165) is 5.39 Å². The number of hydrogen-bond acceptors (Lipinski definition) is 4. The Kier molecular flexibility index (Phi) is 3.17. The lowest BCUT2D eigenvalue weighted by atomic mass is 10.2. The number of para-hydroxylation sites is 1. The predicted octanol–water partition coefficient (Wildman–Crippen LogP) is 4.47. The average molecular weight is 294 g/mol. The molecule has 0 saturated carbocycles. The van der Waals surface area contributed by atoms with Crippen molar-refractivity contribution in [3.8, 4) is 5.75 Å². The summed E-state index contributed by atoms with van der Waals surface area (Å²) in [6.45, 7) is 0. The molecule has 7 heteroatoms. The Morgan fingerprint density at radius 3 is 2.67 bits per heavy atom. The van der Waals surface area contributed by atoms with Gasteiger partial charge in [0.05, 0.1) is 5.39 Å². The lowest BCUT2D eigenvalue weighted by molar-refractivity contribution is -0.274. The topological polar surface area (TPSA) is 47.3 Å². The van der Waals surface area contributed by atoms with E-state index in [2.05, 4.69) is 15.2 Å². The van der Waals surface area contributed by atoms with Crippen molar-refractivity contribution in [2.45, 2.75) is 6.36 Å². The molecule has 0 aliphatic carbocycles. The molecule has 0 amide bonds. The molecule has 0 aliphatic heterocycles. The number of benzene rings is 2. The zero-order valence-electron chi connectivity index (χ0n) is 10.5. The minimum absolute atomic E-state index is 0.305. The molecule has 0 aliphatic rings. The third kappa shape index (κ3) is 3.07. The molecule has 0 radical (unpaired) electrons. The van der Waals surface area contributed by atoms with E-state index in [0.29, 0.717) is 17.1 Å². The lowest BCUT2D eigenvalue weighted by Gasteiger charge is -2.10. The van der Waals surface area contributed by atoms with Crippen LogP contribution in [0.25, 0.3) is 11.0 Å². The van der Waals surface area contributed by atoms with Crippen LogP contribution >= 0.6 is 0 Å². The summed E-state index contributed by atoms with van der Waals surface area (Å²) >= 11 is 0. The molecule has 1 N–H and O–H groups in total. The standard InChI is InChI=1S/C14H9F3N2O2/c15-14(16,17)20-10-5-3-4-9(8-10)18-13-11-6-1-2-7-12(11)21-19-13/h1-8H,(H,18,19). The fraction of sp³-hybridized carbons (Fsp3) is 0.0714. The lowest BCUT2D eigenvalue weighted by Crippen LogP contribution is -2.17. The zero-order valence-corrected chi connectivity index (χ0v) is 10.5. The smallest absolute Gasteiger partial charge is 0.406 e. The number of halogens is 3. The Morgan fingerprint density at radius 2 is 1.86 bits per heavy atom. The normalized spacial score (nSPS) is 11.6. The molecule has 0 atom stereocenters. The summed E-state index contributed by atoms with van der Waals surface area (Å²) in [7, 11) is 0. The molecular formula is C14H9F3N2O2. The third-order valence-corrected chi connectivity index (χ3v) is 2.71. The van der Waals surface area contributed by atoms with Gasteiger partial charge in [0, 0.05) is 11.8 Å². The quantitative estimate of drug-likeness (QED) is 0.774. The number of rotatable bonds is 3. The molecule has 0 unspecified atom stereocenters. The monoisotopic (exact) mass is 294 g/mol. The van der Waals surface area contributed by atoms with Crippen molar-refractivity contribution in [3.05, 3.63) is 48.5 Å². The minimum Gasteiger partial charge on any atom is -0.406 e. The number of hydrogen-bond donors (Lipinski definition) is 1. The zero-order chi connectivity index (χ0) is 14.9. The summed E-state index contributed by atoms with van der Waals surface area (Å²) < 4.78 is 45.5. The predicted molar refractivity (Wildman–Crippen MR) is 70.4 cm³/mol. The Balaban J connectivity index is 1.86. The van der Waals surface area contributed by atoms with Crippen molar-refractivity contribution in [1.29, 1.82) is 0 Å². The maximum atomic E-state index is 12.2. The maximum absolute atomic E-state index is 12.2. The van der Waals surface area contributed by atoms with Gasteiger partial charge >= 0.3 is 6.36 Å². The van der Waals surface area contributed by atoms with Crippen molar-refractivity contribution >= 4 is 22.5 Å². The van der Waals surface area contributed by atoms with E-state index < -0.39 is 6.36 Å². The fourth-order valence-corrected chi connectivity index (χ4v) is 1.88. The summed E-state index contributed by atoms with van der Waals surface area (Å²) in [6.07, 6.45) is -4.72. The van der Waals surface area contributed by atoms with E-state index in [1.54, 1.807) is 24.3 Å². The van der Waals surface area contributed by atoms with Gasteiger partial charge in [-0.15, -0.1) is 13.2 Å². The first-order chi connectivity index (χ1) is 10.0. The molecule has 0 saturated heterocycles. The highest BCUT2D eigenvalue weighted by Gasteiger charge is 2.31. The van der Waals surface area contributed by atoms with Crippen LogP contribution in [0.3, 0.4) is 0 Å². The molecule has 4 nitrogen and oxygen atoms in total. The van der Waals surface area contributed by atoms with Crippen molar-refractivity contribution in [3.63, 3.8) is 0 Å². The van der Waals surface area contributed by atoms with E-state index >= 15 is 0 Å². The van der Waals surface area contributed by atoms with Gasteiger partial charge in [-0.25, -0.2) is 0 Å². The van der Waals surface area contributed by atoms with Crippen molar-refractivity contribution in [2.24, 2.45) is 0 Å². The summed E-state index contributed by atoms with van der Waals surface area (Å²) in [4.78, 5) is 0. The number of anilines is 2. The highest BCUT2D eigenvalue weighted by Crippen LogP contribution is 2.29. The number of ether oxygens (including phenoxy) is 1. The van der Waals surface area contributed by atoms with E-state index in [9.17, 15) is 13.2 Å². The van der Waals surface area contributed by atoms with Crippen LogP contribution in [0.5, 0.6) is 5.75 Å². The van der Waals surface area contributed by atoms with Gasteiger partial charge in [-0.05, 0) is 24.3 Å². The van der Waals surface area contributed by atoms with Crippen molar-refractivity contribution in [1.82, 2.24) is 5.16 Å². The molecule has 3 rings (SSSR count). The Bertz CT molecular complexity index is 768. The minimum atomic E-state index is -4.72. The number of nitrogens with zero attached hydrogens (tertiary/aromatic N) is 1. The highest BCUT2D eigenvalue weighted by atomic mass is 19.4. The molecule has 21 heavy (non-hydrogen) atoms. The Hall–Kier alpha value is -2.70. The third-order valence-electron chi connectivity index (χ3n) is 2.71. The second-order valence-electron chi connectivity index (χ2n) is 4.23. The molecule has 0 fully saturated rings. The largest absolute Gasteiger partial charge is 0.573 e. The van der Waals surface area contributed by atoms with Crippen LogP contribution in [-0.2, 0) is 0 Å². The average Bonchev–Trinajstić information content (AvgIpc) is 2.81. The SMILES string of the molecule is FC(F)(F)Oc1cccc(Nc2noc3ccccc23)c1. The van der Waals surface area contributed by atoms with Gasteiger partial charge in [-0.2, -0.15) is 0 Å². The van der Waals surface area contributed by atoms with Gasteiger partial charge in [-0.3, -0.25) is 0 Å². The molecule has 108 valence electrons. The van der Waals surface area contributed by atoms with Gasteiger partial charge in [0.25, 0.3) is 0 Å². The van der Waals surface area contributed by atoms with Crippen LogP contribution in [0.2, 0.25) is 0 Å². The summed E-state index contributed by atoms with van der Waals surface area (Å²) in [6, 6.07) is 12.7. The number of nitrogens with one attached hydrogen (secondary N) is 1. The van der Waals surface area contributed by atoms with Crippen LogP contribution in [0.4, 0.5) is 24.7 Å². The molecule has 0 spiro atoms. The van der Waals surface area contributed by atoms with Gasteiger partial charge < -0.3 is 14.6 Å². The van der Waals surface area contributed by atoms with Crippen LogP contribution < -0.4 is 10.1 Å². The van der Waals surface area contributed by atoms with E-state index in [1.807, 2.05) is 6.07 Å². The number of alkyl halides is 3. The summed E-state index contributed by atoms with van der Waals surface area (Å²) in [5, 5.41) is 7.48. The van der Waals surface area contributed by atoms with Gasteiger partial charge in [0.2, 0.25) is 0 Å². The molecule has 0 bridgehead atoms. The molecule has 3 aromatic rings. The molecular weight excluding hydrogens is 285 g/mol. The molecule has 1 aromatic heterocycles. The number of aromatic nitrogens is 1. The van der Waals surface area contributed by atoms with Gasteiger partial charge in [0.1, 0.15) is 5.75 Å². The van der Waals surface area contributed by atoms with Crippen LogP contribution in [0, 0.1) is 0 Å². The van der Waals surface area contributed by atoms with Gasteiger partial charge in [-0.1, -0.05) is 23.4 Å². The second-order valence-corrected chi connectivity index (χ2v) is 4.23. The fourth-order valence-electron chi connectivity index (χ4n) is 1.88. The summed E-state index contributed by atoms with van der Waals surface area (Å²) in [5.41, 5.74) is 0.999. The van der Waals surface area contributed by atoms with Crippen molar-refractivity contribution < 1.29 is 22.4 Å². The summed E-state index contributed by atoms with van der Waals surface area (Å²) in [5.74, 6) is 0.120. The first-order valence-electron chi connectivity index (χ1n) is 5.98. The Morgan fingerprint density at radius 1 is 1.05 bits per heavy atom. The van der Waals surface area contributed by atoms with Crippen LogP contribution in [0.1, 0.15) is 0 Å². The van der Waals surface area contributed by atoms with Crippen molar-refractivity contribution in [2.75, 3.05) is 5.32 Å². The first-order valence-corrected chi connectivity index (χ1v) is 5.98. The van der Waals surface area contributed by atoms with Crippen LogP contribution in [-0.4, -0.2) is 11.5 Å². The first kappa shape index (κ1) is 13.3.